The van der Waals surface area contributed by atoms with E-state index in [1.165, 1.54) is 24.4 Å². The number of nitrogens with zero attached hydrogens (tertiary/aromatic N) is 4. The van der Waals surface area contributed by atoms with Crippen molar-refractivity contribution in [1.82, 2.24) is 5.01 Å². The number of imide groups is 1. The second kappa shape index (κ2) is 6.58. The van der Waals surface area contributed by atoms with Crippen LogP contribution in [0.15, 0.2) is 35.5 Å². The SMILES string of the molecule is Cc1ccc([N+](=O)[O-])cc1N1C(=O)[C@@H]2[C@H](C1=O)[C@H](C(=O)C(C)(C)C)N1N=CC=C[C@H]21. The molecule has 2 amide bonds. The van der Waals surface area contributed by atoms with Crippen molar-refractivity contribution in [3.63, 3.8) is 0 Å². The molecule has 4 atom stereocenters. The van der Waals surface area contributed by atoms with E-state index in [0.29, 0.717) is 5.56 Å². The number of aryl methyl sites for hydroxylation is 1. The van der Waals surface area contributed by atoms with Crippen molar-refractivity contribution < 1.29 is 19.3 Å². The molecule has 9 heteroatoms. The van der Waals surface area contributed by atoms with Crippen molar-refractivity contribution in [1.29, 1.82) is 0 Å². The van der Waals surface area contributed by atoms with Crippen LogP contribution in [-0.2, 0) is 14.4 Å². The highest BCUT2D eigenvalue weighted by molar-refractivity contribution is 6.24. The third kappa shape index (κ3) is 2.76. The van der Waals surface area contributed by atoms with Crippen LogP contribution in [0.1, 0.15) is 26.3 Å². The molecule has 0 N–H and O–H groups in total. The summed E-state index contributed by atoms with van der Waals surface area (Å²) in [6, 6.07) is 2.69. The maximum Gasteiger partial charge on any atom is 0.271 e. The summed E-state index contributed by atoms with van der Waals surface area (Å²) in [5, 5.41) is 17.1. The lowest BCUT2D eigenvalue weighted by Crippen LogP contribution is -2.49. The third-order valence-electron chi connectivity index (χ3n) is 5.94. The number of hydrogen-bond acceptors (Lipinski definition) is 7. The number of ketones is 1. The Balaban J connectivity index is 1.82. The van der Waals surface area contributed by atoms with Crippen LogP contribution in [-0.4, -0.2) is 45.8 Å². The molecule has 0 unspecified atom stereocenters. The van der Waals surface area contributed by atoms with E-state index in [-0.39, 0.29) is 17.2 Å². The lowest BCUT2D eigenvalue weighted by Gasteiger charge is -2.33. The van der Waals surface area contributed by atoms with Crippen LogP contribution in [0.5, 0.6) is 0 Å². The van der Waals surface area contributed by atoms with Gasteiger partial charge in [0, 0.05) is 23.8 Å². The predicted molar refractivity (Wildman–Crippen MR) is 109 cm³/mol. The molecule has 3 heterocycles. The fourth-order valence-electron chi connectivity index (χ4n) is 4.47. The van der Waals surface area contributed by atoms with E-state index in [1.807, 2.05) is 0 Å². The van der Waals surface area contributed by atoms with Crippen LogP contribution in [0.2, 0.25) is 0 Å². The van der Waals surface area contributed by atoms with Gasteiger partial charge in [0.05, 0.1) is 28.5 Å². The molecule has 0 radical (unpaired) electrons. The summed E-state index contributed by atoms with van der Waals surface area (Å²) in [7, 11) is 0. The van der Waals surface area contributed by atoms with Gasteiger partial charge in [-0.2, -0.15) is 5.10 Å². The van der Waals surface area contributed by atoms with Crippen LogP contribution in [0, 0.1) is 34.3 Å². The van der Waals surface area contributed by atoms with Crippen molar-refractivity contribution in [2.24, 2.45) is 22.4 Å². The molecular formula is C21H22N4O5. The topological polar surface area (TPSA) is 113 Å². The van der Waals surface area contributed by atoms with Crippen molar-refractivity contribution >= 4 is 35.2 Å². The number of hydrazone groups is 1. The zero-order valence-corrected chi connectivity index (χ0v) is 17.1. The number of nitro groups is 1. The number of carbonyl (C=O) groups is 3. The average Bonchev–Trinajstić information content (AvgIpc) is 3.14. The molecule has 0 aliphatic carbocycles. The number of Topliss-reactive ketones (excluding diaryl/α,β-unsaturated/α-hetero) is 1. The Bertz CT molecular complexity index is 1040. The average molecular weight is 410 g/mol. The fourth-order valence-corrected chi connectivity index (χ4v) is 4.47. The van der Waals surface area contributed by atoms with Crippen molar-refractivity contribution in [2.75, 3.05) is 4.90 Å². The zero-order chi connectivity index (χ0) is 22.0. The summed E-state index contributed by atoms with van der Waals surface area (Å²) in [4.78, 5) is 51.8. The Morgan fingerprint density at radius 2 is 1.83 bits per heavy atom. The van der Waals surface area contributed by atoms with E-state index in [2.05, 4.69) is 5.10 Å². The molecule has 4 rings (SSSR count). The number of allylic oxidation sites excluding steroid dienone is 1. The predicted octanol–water partition coefficient (Wildman–Crippen LogP) is 2.23. The van der Waals surface area contributed by atoms with E-state index >= 15 is 0 Å². The van der Waals surface area contributed by atoms with Gasteiger partial charge in [-0.3, -0.25) is 29.5 Å². The molecule has 30 heavy (non-hydrogen) atoms. The van der Waals surface area contributed by atoms with Crippen molar-refractivity contribution in [2.45, 2.75) is 39.8 Å². The first-order valence-electron chi connectivity index (χ1n) is 9.70. The Morgan fingerprint density at radius 1 is 1.17 bits per heavy atom. The summed E-state index contributed by atoms with van der Waals surface area (Å²) in [6.45, 7) is 6.99. The van der Waals surface area contributed by atoms with Gasteiger partial charge in [-0.1, -0.05) is 32.9 Å². The maximum atomic E-state index is 13.5. The van der Waals surface area contributed by atoms with Crippen LogP contribution in [0.3, 0.4) is 0 Å². The molecule has 2 saturated heterocycles. The van der Waals surface area contributed by atoms with E-state index in [0.717, 1.165) is 4.90 Å². The molecule has 3 aliphatic rings. The lowest BCUT2D eigenvalue weighted by atomic mass is 9.80. The van der Waals surface area contributed by atoms with Gasteiger partial charge in [0.1, 0.15) is 6.04 Å². The van der Waals surface area contributed by atoms with Crippen LogP contribution in [0.4, 0.5) is 11.4 Å². The highest BCUT2D eigenvalue weighted by Gasteiger charge is 2.65. The Kier molecular flexibility index (Phi) is 4.37. The molecule has 156 valence electrons. The van der Waals surface area contributed by atoms with Crippen LogP contribution >= 0.6 is 0 Å². The number of fused-ring (bicyclic) bond motifs is 3. The van der Waals surface area contributed by atoms with E-state index < -0.39 is 46.1 Å². The quantitative estimate of drug-likeness (QED) is 0.429. The molecule has 0 bridgehead atoms. The largest absolute Gasteiger partial charge is 0.297 e. The molecule has 1 aromatic rings. The maximum absolute atomic E-state index is 13.5. The number of nitro benzene ring substituents is 1. The number of amides is 2. The first-order chi connectivity index (χ1) is 14.0. The molecular weight excluding hydrogens is 388 g/mol. The van der Waals surface area contributed by atoms with Gasteiger partial charge < -0.3 is 0 Å². The molecule has 3 aliphatic heterocycles. The van der Waals surface area contributed by atoms with E-state index in [1.54, 1.807) is 44.9 Å². The normalized spacial score (nSPS) is 27.5. The Morgan fingerprint density at radius 3 is 2.47 bits per heavy atom. The second-order valence-corrected chi connectivity index (χ2v) is 8.87. The van der Waals surface area contributed by atoms with Crippen LogP contribution < -0.4 is 4.90 Å². The summed E-state index contributed by atoms with van der Waals surface area (Å²) in [5.41, 5.74) is -0.196. The molecule has 1 aromatic carbocycles. The Hall–Kier alpha value is -3.36. The van der Waals surface area contributed by atoms with Gasteiger partial charge >= 0.3 is 0 Å². The minimum atomic E-state index is -0.896. The van der Waals surface area contributed by atoms with Gasteiger partial charge in [-0.05, 0) is 18.6 Å². The van der Waals surface area contributed by atoms with Gasteiger partial charge in [-0.15, -0.1) is 0 Å². The third-order valence-corrected chi connectivity index (χ3v) is 5.94. The minimum absolute atomic E-state index is 0.175. The molecule has 9 nitrogen and oxygen atoms in total. The molecule has 0 spiro atoms. The number of non-ortho nitro benzene ring substituents is 1. The van der Waals surface area contributed by atoms with Gasteiger partial charge in [0.15, 0.2) is 5.78 Å². The highest BCUT2D eigenvalue weighted by atomic mass is 16.6. The number of carbonyl (C=O) groups excluding carboxylic acids is 3. The smallest absolute Gasteiger partial charge is 0.271 e. The zero-order valence-electron chi connectivity index (χ0n) is 17.1. The fraction of sp³-hybridized carbons (Fsp3) is 0.429. The number of benzene rings is 1. The van der Waals surface area contributed by atoms with Gasteiger partial charge in [-0.25, -0.2) is 4.90 Å². The standard InChI is InChI=1S/C21H22N4O5/c1-11-7-8-12(25(29)30)10-14(11)23-19(27)15-13-6-5-9-22-24(13)17(16(15)20(23)28)18(26)21(2,3)4/h5-10,13,15-17H,1-4H3/t13-,15+,16+,17-/m1/s1. The van der Waals surface area contributed by atoms with Crippen LogP contribution in [0.25, 0.3) is 0 Å². The minimum Gasteiger partial charge on any atom is -0.297 e. The number of anilines is 1. The molecule has 0 aromatic heterocycles. The van der Waals surface area contributed by atoms with Gasteiger partial charge in [0.2, 0.25) is 11.8 Å². The van der Waals surface area contributed by atoms with Crippen molar-refractivity contribution in [3.8, 4) is 0 Å². The lowest BCUT2D eigenvalue weighted by molar-refractivity contribution is -0.384. The monoisotopic (exact) mass is 410 g/mol. The summed E-state index contributed by atoms with van der Waals surface area (Å²) in [6.07, 6.45) is 5.01. The van der Waals surface area contributed by atoms with E-state index in [9.17, 15) is 24.5 Å². The van der Waals surface area contributed by atoms with E-state index in [4.69, 9.17) is 0 Å². The number of rotatable bonds is 3. The summed E-state index contributed by atoms with van der Waals surface area (Å²) >= 11 is 0. The Labute approximate surface area is 173 Å². The first-order valence-corrected chi connectivity index (χ1v) is 9.70. The summed E-state index contributed by atoms with van der Waals surface area (Å²) in [5.74, 6) is -2.83. The summed E-state index contributed by atoms with van der Waals surface area (Å²) < 4.78 is 0. The van der Waals surface area contributed by atoms with Crippen molar-refractivity contribution in [3.05, 3.63) is 46.0 Å². The highest BCUT2D eigenvalue weighted by Crippen LogP contribution is 2.47. The second-order valence-electron chi connectivity index (χ2n) is 8.87. The molecule has 0 saturated carbocycles. The first kappa shape index (κ1) is 19.9. The number of hydrogen-bond donors (Lipinski definition) is 0. The molecule has 2 fully saturated rings. The van der Waals surface area contributed by atoms with Gasteiger partial charge in [0.25, 0.3) is 5.69 Å².